The predicted molar refractivity (Wildman–Crippen MR) is 217 cm³/mol. The third-order valence-corrected chi connectivity index (χ3v) is 11.7. The molecule has 0 radical (unpaired) electrons. The van der Waals surface area contributed by atoms with Gasteiger partial charge in [-0.05, 0) is 81.4 Å². The fourth-order valence-electron chi connectivity index (χ4n) is 8.77. The third kappa shape index (κ3) is 6.80. The highest BCUT2D eigenvalue weighted by atomic mass is 19.1. The molecule has 1 aliphatic carbocycles. The van der Waals surface area contributed by atoms with E-state index in [1.807, 2.05) is 76.2 Å². The second kappa shape index (κ2) is 14.7. The van der Waals surface area contributed by atoms with Crippen molar-refractivity contribution in [3.05, 3.63) is 59.7 Å². The Bertz CT molecular complexity index is 2380. The van der Waals surface area contributed by atoms with Gasteiger partial charge in [-0.25, -0.2) is 19.2 Å². The molecule has 2 aromatic heterocycles. The van der Waals surface area contributed by atoms with E-state index >= 15 is 4.39 Å². The number of ether oxygens (including phenoxy) is 3. The van der Waals surface area contributed by atoms with Gasteiger partial charge in [0.25, 0.3) is 0 Å². The molecular formula is C43H52FN7O6. The smallest absolute Gasteiger partial charge is 0.410 e. The van der Waals surface area contributed by atoms with Crippen molar-refractivity contribution in [2.75, 3.05) is 66.6 Å². The summed E-state index contributed by atoms with van der Waals surface area (Å²) in [4.78, 5) is 44.6. The van der Waals surface area contributed by atoms with E-state index in [0.717, 1.165) is 17.2 Å². The first kappa shape index (κ1) is 38.8. The molecule has 2 bridgehead atoms. The second-order valence-electron chi connectivity index (χ2n) is 17.0. The van der Waals surface area contributed by atoms with Gasteiger partial charge < -0.3 is 43.5 Å². The Kier molecular flexibility index (Phi) is 10.0. The van der Waals surface area contributed by atoms with Gasteiger partial charge in [0.2, 0.25) is 5.91 Å². The monoisotopic (exact) mass is 781 g/mol. The van der Waals surface area contributed by atoms with Crippen molar-refractivity contribution in [1.82, 2.24) is 29.2 Å². The number of hydrogen-bond acceptors (Lipinski definition) is 10. The number of likely N-dealkylation sites (N-methyl/N-ethyl adjacent to an activating group) is 1. The van der Waals surface area contributed by atoms with Crippen LogP contribution in [0.1, 0.15) is 51.0 Å². The summed E-state index contributed by atoms with van der Waals surface area (Å²) in [6.45, 7) is 7.01. The van der Waals surface area contributed by atoms with E-state index in [2.05, 4.69) is 14.4 Å². The van der Waals surface area contributed by atoms with E-state index < -0.39 is 18.0 Å². The maximum Gasteiger partial charge on any atom is 0.410 e. The lowest BCUT2D eigenvalue weighted by Crippen LogP contribution is -2.57. The van der Waals surface area contributed by atoms with Gasteiger partial charge in [-0.1, -0.05) is 24.3 Å². The molecule has 3 saturated heterocycles. The number of hydrogen-bond donors (Lipinski definition) is 1. The number of aliphatic hydroxyl groups excluding tert-OH is 1. The summed E-state index contributed by atoms with van der Waals surface area (Å²) in [5.74, 6) is 1.23. The van der Waals surface area contributed by atoms with E-state index in [4.69, 9.17) is 24.2 Å². The average molecular weight is 782 g/mol. The number of fused-ring (bicyclic) bond motifs is 5. The minimum atomic E-state index is -0.659. The van der Waals surface area contributed by atoms with Gasteiger partial charge in [0.05, 0.1) is 24.2 Å². The number of amides is 2. The molecule has 9 rings (SSSR count). The van der Waals surface area contributed by atoms with Gasteiger partial charge >= 0.3 is 6.09 Å². The molecule has 1 saturated carbocycles. The van der Waals surface area contributed by atoms with Crippen molar-refractivity contribution >= 4 is 50.5 Å². The summed E-state index contributed by atoms with van der Waals surface area (Å²) >= 11 is 0. The number of rotatable bonds is 11. The van der Waals surface area contributed by atoms with Crippen LogP contribution in [0.3, 0.4) is 0 Å². The number of nitrogens with zero attached hydrogens (tertiary/aromatic N) is 7. The quantitative estimate of drug-likeness (QED) is 0.160. The van der Waals surface area contributed by atoms with Crippen LogP contribution in [0.5, 0.6) is 5.75 Å². The van der Waals surface area contributed by atoms with Gasteiger partial charge in [0, 0.05) is 76.6 Å². The van der Waals surface area contributed by atoms with E-state index in [1.54, 1.807) is 25.1 Å². The fourth-order valence-corrected chi connectivity index (χ4v) is 8.77. The lowest BCUT2D eigenvalue weighted by Gasteiger charge is -2.43. The van der Waals surface area contributed by atoms with Gasteiger partial charge in [-0.15, -0.1) is 0 Å². The molecule has 3 aliphatic heterocycles. The van der Waals surface area contributed by atoms with Gasteiger partial charge in [0.1, 0.15) is 28.2 Å². The first-order chi connectivity index (χ1) is 27.2. The Morgan fingerprint density at radius 1 is 1.00 bits per heavy atom. The van der Waals surface area contributed by atoms with Crippen molar-refractivity contribution in [2.45, 2.75) is 70.4 Å². The first-order valence-electron chi connectivity index (χ1n) is 19.6. The molecule has 2 amide bonds. The summed E-state index contributed by atoms with van der Waals surface area (Å²) in [5.41, 5.74) is 1.96. The van der Waals surface area contributed by atoms with Gasteiger partial charge in [0.15, 0.2) is 18.4 Å². The zero-order valence-corrected chi connectivity index (χ0v) is 34.0. The van der Waals surface area contributed by atoms with E-state index in [9.17, 15) is 14.7 Å². The molecule has 0 spiro atoms. The van der Waals surface area contributed by atoms with E-state index in [1.165, 1.54) is 7.11 Å². The van der Waals surface area contributed by atoms with Crippen LogP contribution in [0.4, 0.5) is 15.0 Å². The van der Waals surface area contributed by atoms with Crippen LogP contribution in [0.2, 0.25) is 0 Å². The van der Waals surface area contributed by atoms with Gasteiger partial charge in [-0.3, -0.25) is 4.79 Å². The number of aryl methyl sites for hydroxylation is 1. The lowest BCUT2D eigenvalue weighted by atomic mass is 9.79. The highest BCUT2D eigenvalue weighted by Gasteiger charge is 2.56. The van der Waals surface area contributed by atoms with Crippen LogP contribution < -0.4 is 9.64 Å². The Balaban J connectivity index is 1.38. The summed E-state index contributed by atoms with van der Waals surface area (Å²) in [5, 5.41) is 13.2. The lowest BCUT2D eigenvalue weighted by molar-refractivity contribution is -0.128. The normalized spacial score (nSPS) is 19.5. The Morgan fingerprint density at radius 3 is 2.44 bits per heavy atom. The maximum atomic E-state index is 17.9. The highest BCUT2D eigenvalue weighted by molar-refractivity contribution is 6.10. The number of aromatic nitrogens is 3. The number of pyridine rings is 1. The minimum Gasteiger partial charge on any atom is -0.468 e. The third-order valence-electron chi connectivity index (χ3n) is 11.7. The molecule has 13 nitrogen and oxygen atoms in total. The molecule has 57 heavy (non-hydrogen) atoms. The van der Waals surface area contributed by atoms with Gasteiger partial charge in [-0.2, -0.15) is 0 Å². The van der Waals surface area contributed by atoms with E-state index in [-0.39, 0.29) is 60.3 Å². The first-order valence-corrected chi connectivity index (χ1v) is 19.6. The van der Waals surface area contributed by atoms with Crippen molar-refractivity contribution < 1.29 is 33.3 Å². The zero-order valence-electron chi connectivity index (χ0n) is 34.0. The maximum absolute atomic E-state index is 17.9. The molecule has 3 aromatic carbocycles. The molecule has 5 aromatic rings. The number of carbonyl (C=O) groups excluding carboxylic acids is 2. The number of halogens is 1. The summed E-state index contributed by atoms with van der Waals surface area (Å²) < 4.78 is 36.9. The Hall–Kier alpha value is -5.05. The topological polar surface area (TPSA) is 126 Å². The van der Waals surface area contributed by atoms with Crippen molar-refractivity contribution in [3.63, 3.8) is 0 Å². The molecule has 302 valence electrons. The number of imidazole rings is 1. The summed E-state index contributed by atoms with van der Waals surface area (Å²) in [7, 11) is 9.09. The average Bonchev–Trinajstić information content (AvgIpc) is 3.85. The molecule has 14 heteroatoms. The van der Waals surface area contributed by atoms with Crippen LogP contribution in [-0.4, -0.2) is 126 Å². The molecule has 4 fully saturated rings. The Morgan fingerprint density at radius 2 is 1.75 bits per heavy atom. The van der Waals surface area contributed by atoms with Crippen LogP contribution >= 0.6 is 0 Å². The molecule has 3 unspecified atom stereocenters. The predicted octanol–water partition coefficient (Wildman–Crippen LogP) is 5.97. The number of benzene rings is 3. The van der Waals surface area contributed by atoms with Crippen LogP contribution in [0.25, 0.3) is 43.8 Å². The molecule has 3 atom stereocenters. The van der Waals surface area contributed by atoms with Crippen LogP contribution in [-0.2, 0) is 27.3 Å². The van der Waals surface area contributed by atoms with Crippen LogP contribution in [0, 0.1) is 11.7 Å². The summed E-state index contributed by atoms with van der Waals surface area (Å²) in [6, 6.07) is 13.1. The van der Waals surface area contributed by atoms with E-state index in [0.29, 0.717) is 71.0 Å². The van der Waals surface area contributed by atoms with Crippen molar-refractivity contribution in [2.24, 2.45) is 5.92 Å². The molecule has 4 aliphatic rings. The summed E-state index contributed by atoms with van der Waals surface area (Å²) in [6.07, 6.45) is 0.983. The number of carbonyl (C=O) groups is 2. The standard InChI is InChI=1S/C43H52FN7O6/c1-43(2,3)57-42(54)50-19-25-17-32(50)39(25)51-33(13-14-34(53)48(6)7)45-38-40(51)31-16-26(22-52)35(36(44)37(31)46-41(38)49-20-27(21-49)47(4)5)30-18-28(56-23-55-8)15-24-11-9-10-12-29(24)30/h9-12,15-16,18,25,27,32,39,52H,13-14,17,19-23H2,1-8H3. The molecule has 5 heterocycles. The largest absolute Gasteiger partial charge is 0.468 e. The molecule has 1 N–H and O–H groups in total. The SMILES string of the molecule is COCOc1cc(-c2c(CO)cc3c(nc(N4CC(N(C)C)C4)c4nc(CCC(=O)N(C)C)n(C5C6CC5N(C(=O)OC(C)(C)C)C6)c43)c2F)c2ccccc2c1. The fraction of sp³-hybridized carbons (Fsp3) is 0.488. The minimum absolute atomic E-state index is 0.0124. The van der Waals surface area contributed by atoms with Crippen LogP contribution in [0.15, 0.2) is 42.5 Å². The molecular weight excluding hydrogens is 730 g/mol. The van der Waals surface area contributed by atoms with Crippen molar-refractivity contribution in [1.29, 1.82) is 0 Å². The number of anilines is 1. The zero-order chi connectivity index (χ0) is 40.5. The highest BCUT2D eigenvalue weighted by Crippen LogP contribution is 2.53. The number of aliphatic hydroxyl groups is 1. The Labute approximate surface area is 331 Å². The number of methoxy groups -OCH3 is 1. The van der Waals surface area contributed by atoms with Crippen molar-refractivity contribution in [3.8, 4) is 16.9 Å². The second-order valence-corrected chi connectivity index (χ2v) is 17.0.